The normalized spacial score (nSPS) is 14.8. The summed E-state index contributed by atoms with van der Waals surface area (Å²) < 4.78 is 0. The second kappa shape index (κ2) is 11.7. The first-order valence-electron chi connectivity index (χ1n) is 10.6. The average molecular weight is 478 g/mol. The molecule has 0 aliphatic carbocycles. The van der Waals surface area contributed by atoms with Crippen molar-refractivity contribution in [1.29, 1.82) is 0 Å². The van der Waals surface area contributed by atoms with Gasteiger partial charge in [0, 0.05) is 29.3 Å². The zero-order chi connectivity index (χ0) is 24.7. The molecule has 33 heavy (non-hydrogen) atoms. The van der Waals surface area contributed by atoms with E-state index in [9.17, 15) is 19.2 Å². The van der Waals surface area contributed by atoms with Crippen LogP contribution in [0, 0.1) is 5.92 Å². The molecule has 1 aromatic heterocycles. The predicted molar refractivity (Wildman–Crippen MR) is 128 cm³/mol. The number of amides is 3. The Balaban J connectivity index is 2.27. The van der Waals surface area contributed by atoms with E-state index in [0.717, 1.165) is 16.5 Å². The molecule has 7 N–H and O–H groups in total. The number of H-pyrrole nitrogens is 1. The van der Waals surface area contributed by atoms with Gasteiger partial charge in [-0.15, -0.1) is 0 Å². The summed E-state index contributed by atoms with van der Waals surface area (Å²) in [7, 11) is 0. The molecule has 11 heteroatoms. The maximum absolute atomic E-state index is 13.1. The van der Waals surface area contributed by atoms with Crippen molar-refractivity contribution in [3.05, 3.63) is 36.0 Å². The molecule has 0 saturated carbocycles. The van der Waals surface area contributed by atoms with Crippen LogP contribution < -0.4 is 21.7 Å². The van der Waals surface area contributed by atoms with Gasteiger partial charge in [-0.25, -0.2) is 0 Å². The van der Waals surface area contributed by atoms with Gasteiger partial charge in [-0.3, -0.25) is 19.2 Å². The van der Waals surface area contributed by atoms with E-state index in [1.165, 1.54) is 6.92 Å². The Kier molecular flexibility index (Phi) is 9.30. The van der Waals surface area contributed by atoms with Crippen LogP contribution in [0.4, 0.5) is 0 Å². The lowest BCUT2D eigenvalue weighted by atomic mass is 10.00. The molecule has 180 valence electrons. The molecule has 0 fully saturated rings. The number of nitrogens with one attached hydrogen (secondary N) is 4. The molecule has 0 radical (unpaired) electrons. The summed E-state index contributed by atoms with van der Waals surface area (Å²) in [6.07, 6.45) is 1.86. The second-order valence-electron chi connectivity index (χ2n) is 8.21. The van der Waals surface area contributed by atoms with Gasteiger partial charge < -0.3 is 31.8 Å². The first-order valence-corrected chi connectivity index (χ1v) is 11.2. The number of hydrogen-bond acceptors (Lipinski definition) is 6. The van der Waals surface area contributed by atoms with E-state index in [4.69, 9.17) is 10.8 Å². The van der Waals surface area contributed by atoms with Crippen LogP contribution in [-0.2, 0) is 25.6 Å². The number of aromatic amines is 1. The highest BCUT2D eigenvalue weighted by Gasteiger charge is 2.31. The molecule has 4 unspecified atom stereocenters. The van der Waals surface area contributed by atoms with Gasteiger partial charge in [-0.05, 0) is 24.5 Å². The first kappa shape index (κ1) is 26.2. The van der Waals surface area contributed by atoms with Crippen molar-refractivity contribution in [3.8, 4) is 0 Å². The number of benzene rings is 1. The summed E-state index contributed by atoms with van der Waals surface area (Å²) >= 11 is 4.00. The molecule has 0 bridgehead atoms. The predicted octanol–water partition coefficient (Wildman–Crippen LogP) is 0.182. The van der Waals surface area contributed by atoms with Crippen LogP contribution in [0.5, 0.6) is 0 Å². The Morgan fingerprint density at radius 2 is 1.70 bits per heavy atom. The van der Waals surface area contributed by atoms with Crippen molar-refractivity contribution < 1.29 is 24.3 Å². The number of nitrogens with two attached hydrogens (primary N) is 1. The summed E-state index contributed by atoms with van der Waals surface area (Å²) in [5.41, 5.74) is 7.34. The Morgan fingerprint density at radius 3 is 2.30 bits per heavy atom. The molecule has 1 aromatic carbocycles. The molecule has 4 atom stereocenters. The number of rotatable bonds is 11. The molecular formula is C22H31N5O5S. The first-order chi connectivity index (χ1) is 15.5. The zero-order valence-electron chi connectivity index (χ0n) is 18.8. The number of thiol groups is 1. The summed E-state index contributed by atoms with van der Waals surface area (Å²) in [5.74, 6) is -3.14. The summed E-state index contributed by atoms with van der Waals surface area (Å²) in [6.45, 7) is 4.83. The Hall–Kier alpha value is -3.05. The summed E-state index contributed by atoms with van der Waals surface area (Å²) in [5, 5.41) is 17.7. The number of aromatic nitrogens is 1. The Morgan fingerprint density at radius 1 is 1.03 bits per heavy atom. The topological polar surface area (TPSA) is 166 Å². The number of carboxylic acids is 1. The van der Waals surface area contributed by atoms with Crippen LogP contribution >= 0.6 is 12.6 Å². The standard InChI is InChI=1S/C22H31N5O5S/c1-11(2)18(27-19(28)15(23)10-33)21(30)26-17(20(29)25-12(3)22(31)32)8-13-9-24-16-7-5-4-6-14(13)16/h4-7,9,11-12,15,17-18,24,33H,8,10,23H2,1-3H3,(H,25,29)(H,26,30)(H,27,28)(H,31,32). The fourth-order valence-electron chi connectivity index (χ4n) is 3.25. The molecule has 1 heterocycles. The highest BCUT2D eigenvalue weighted by Crippen LogP contribution is 2.19. The van der Waals surface area contributed by atoms with Crippen molar-refractivity contribution >= 4 is 47.2 Å². The van der Waals surface area contributed by atoms with Crippen LogP contribution in [0.1, 0.15) is 26.3 Å². The number of carbonyl (C=O) groups excluding carboxylic acids is 3. The molecule has 0 aliphatic rings. The highest BCUT2D eigenvalue weighted by molar-refractivity contribution is 7.80. The van der Waals surface area contributed by atoms with E-state index in [1.54, 1.807) is 20.0 Å². The van der Waals surface area contributed by atoms with E-state index in [-0.39, 0.29) is 18.1 Å². The summed E-state index contributed by atoms with van der Waals surface area (Å²) in [6, 6.07) is 3.44. The van der Waals surface area contributed by atoms with Crippen molar-refractivity contribution in [2.75, 3.05) is 5.75 Å². The van der Waals surface area contributed by atoms with Crippen LogP contribution in [0.15, 0.2) is 30.5 Å². The molecule has 0 spiro atoms. The minimum absolute atomic E-state index is 0.108. The number of hydrogen-bond donors (Lipinski definition) is 7. The van der Waals surface area contributed by atoms with Gasteiger partial charge in [0.05, 0.1) is 6.04 Å². The average Bonchev–Trinajstić information content (AvgIpc) is 3.18. The highest BCUT2D eigenvalue weighted by atomic mass is 32.1. The van der Waals surface area contributed by atoms with Gasteiger partial charge in [0.15, 0.2) is 0 Å². The quantitative estimate of drug-likeness (QED) is 0.228. The van der Waals surface area contributed by atoms with E-state index >= 15 is 0 Å². The molecule has 0 aliphatic heterocycles. The molecule has 10 nitrogen and oxygen atoms in total. The third kappa shape index (κ3) is 6.96. The van der Waals surface area contributed by atoms with Gasteiger partial charge in [0.25, 0.3) is 0 Å². The lowest BCUT2D eigenvalue weighted by molar-refractivity contribution is -0.141. The van der Waals surface area contributed by atoms with Gasteiger partial charge in [-0.2, -0.15) is 12.6 Å². The Bertz CT molecular complexity index is 1010. The SMILES string of the molecule is CC(NC(=O)C(Cc1c[nH]c2ccccc12)NC(=O)C(NC(=O)C(N)CS)C(C)C)C(=O)O. The third-order valence-electron chi connectivity index (χ3n) is 5.24. The molecule has 2 rings (SSSR count). The van der Waals surface area contributed by atoms with Gasteiger partial charge in [-0.1, -0.05) is 32.0 Å². The number of carbonyl (C=O) groups is 4. The number of para-hydroxylation sites is 1. The number of fused-ring (bicyclic) bond motifs is 1. The van der Waals surface area contributed by atoms with Gasteiger partial charge in [0.2, 0.25) is 17.7 Å². The van der Waals surface area contributed by atoms with E-state index in [2.05, 4.69) is 33.6 Å². The largest absolute Gasteiger partial charge is 0.480 e. The molecule has 3 amide bonds. The van der Waals surface area contributed by atoms with E-state index in [0.29, 0.717) is 0 Å². The van der Waals surface area contributed by atoms with Crippen LogP contribution in [0.25, 0.3) is 10.9 Å². The van der Waals surface area contributed by atoms with Crippen molar-refractivity contribution in [2.45, 2.75) is 51.4 Å². The summed E-state index contributed by atoms with van der Waals surface area (Å²) in [4.78, 5) is 52.5. The monoisotopic (exact) mass is 477 g/mol. The lowest BCUT2D eigenvalue weighted by Crippen LogP contribution is -2.58. The maximum atomic E-state index is 13.1. The molecule has 0 saturated heterocycles. The maximum Gasteiger partial charge on any atom is 0.325 e. The second-order valence-corrected chi connectivity index (χ2v) is 8.58. The zero-order valence-corrected chi connectivity index (χ0v) is 19.7. The minimum atomic E-state index is -1.20. The fraction of sp³-hybridized carbons (Fsp3) is 0.455. The number of aliphatic carboxylic acids is 1. The molecule has 2 aromatic rings. The number of carboxylic acid groups (broad SMARTS) is 1. The van der Waals surface area contributed by atoms with Crippen LogP contribution in [-0.4, -0.2) is 63.7 Å². The van der Waals surface area contributed by atoms with Crippen LogP contribution in [0.3, 0.4) is 0 Å². The van der Waals surface area contributed by atoms with Crippen molar-refractivity contribution in [3.63, 3.8) is 0 Å². The molecular weight excluding hydrogens is 446 g/mol. The lowest BCUT2D eigenvalue weighted by Gasteiger charge is -2.26. The van der Waals surface area contributed by atoms with Gasteiger partial charge >= 0.3 is 5.97 Å². The minimum Gasteiger partial charge on any atom is -0.480 e. The van der Waals surface area contributed by atoms with E-state index in [1.807, 2.05) is 24.3 Å². The van der Waals surface area contributed by atoms with Gasteiger partial charge in [0.1, 0.15) is 18.1 Å². The fourth-order valence-corrected chi connectivity index (χ4v) is 3.41. The van der Waals surface area contributed by atoms with Crippen molar-refractivity contribution in [2.24, 2.45) is 11.7 Å². The third-order valence-corrected chi connectivity index (χ3v) is 5.63. The Labute approximate surface area is 197 Å². The smallest absolute Gasteiger partial charge is 0.325 e. The van der Waals surface area contributed by atoms with Crippen LogP contribution in [0.2, 0.25) is 0 Å². The van der Waals surface area contributed by atoms with E-state index < -0.39 is 47.9 Å². The van der Waals surface area contributed by atoms with Crippen molar-refractivity contribution in [1.82, 2.24) is 20.9 Å².